The Balaban J connectivity index is 1.38. The smallest absolute Gasteiger partial charge is 0.276 e. The number of nitrogens with one attached hydrogen (secondary N) is 2. The second-order valence-corrected chi connectivity index (χ2v) is 7.66. The largest absolute Gasteiger partial charge is 0.379 e. The fraction of sp³-hybridized carbons (Fsp3) is 0.286. The zero-order valence-electron chi connectivity index (χ0n) is 16.0. The molecular weight excluding hydrogens is 386 g/mol. The van der Waals surface area contributed by atoms with E-state index >= 15 is 0 Å². The van der Waals surface area contributed by atoms with Crippen LogP contribution in [0.25, 0.3) is 0 Å². The molecule has 1 amide bonds. The first-order valence-corrected chi connectivity index (χ1v) is 10.5. The van der Waals surface area contributed by atoms with Gasteiger partial charge in [-0.3, -0.25) is 9.69 Å². The number of benzene rings is 1. The number of aromatic nitrogens is 2. The summed E-state index contributed by atoms with van der Waals surface area (Å²) < 4.78 is 5.49. The van der Waals surface area contributed by atoms with Crippen molar-refractivity contribution in [2.24, 2.45) is 0 Å². The maximum atomic E-state index is 12.3. The van der Waals surface area contributed by atoms with Gasteiger partial charge in [0.15, 0.2) is 5.69 Å². The van der Waals surface area contributed by atoms with Crippen LogP contribution in [0.15, 0.2) is 60.0 Å². The molecule has 0 radical (unpaired) electrons. The van der Waals surface area contributed by atoms with Crippen molar-refractivity contribution in [2.45, 2.75) is 6.04 Å². The van der Waals surface area contributed by atoms with Crippen molar-refractivity contribution >= 4 is 28.7 Å². The first kappa shape index (κ1) is 19.5. The third-order valence-corrected chi connectivity index (χ3v) is 5.74. The molecule has 1 aliphatic rings. The Kier molecular flexibility index (Phi) is 6.45. The highest BCUT2D eigenvalue weighted by molar-refractivity contribution is 7.10. The zero-order valence-corrected chi connectivity index (χ0v) is 16.8. The van der Waals surface area contributed by atoms with Gasteiger partial charge in [-0.15, -0.1) is 21.5 Å². The minimum Gasteiger partial charge on any atom is -0.379 e. The lowest BCUT2D eigenvalue weighted by atomic mass is 10.2. The number of para-hydroxylation sites is 1. The molecule has 2 aromatic heterocycles. The van der Waals surface area contributed by atoms with Crippen LogP contribution in [-0.4, -0.2) is 53.9 Å². The van der Waals surface area contributed by atoms with E-state index in [-0.39, 0.29) is 17.6 Å². The molecule has 150 valence electrons. The van der Waals surface area contributed by atoms with Crippen molar-refractivity contribution in [2.75, 3.05) is 43.5 Å². The molecule has 7 nitrogen and oxygen atoms in total. The highest BCUT2D eigenvalue weighted by atomic mass is 32.1. The summed E-state index contributed by atoms with van der Waals surface area (Å²) in [5, 5.41) is 16.5. The van der Waals surface area contributed by atoms with Crippen molar-refractivity contribution in [1.29, 1.82) is 0 Å². The Labute approximate surface area is 173 Å². The van der Waals surface area contributed by atoms with E-state index in [2.05, 4.69) is 43.2 Å². The van der Waals surface area contributed by atoms with Gasteiger partial charge in [0.2, 0.25) is 0 Å². The standard InChI is InChI=1S/C21H23N5O2S/c27-21(23-16-5-2-1-3-6-16)17-8-9-20(25-24-17)22-15-18(19-7-4-14-29-19)26-10-12-28-13-11-26/h1-9,14,18H,10-13,15H2,(H,22,25)(H,23,27). The van der Waals surface area contributed by atoms with E-state index in [1.807, 2.05) is 30.3 Å². The van der Waals surface area contributed by atoms with Gasteiger partial charge in [-0.2, -0.15) is 0 Å². The van der Waals surface area contributed by atoms with Gasteiger partial charge in [-0.25, -0.2) is 0 Å². The lowest BCUT2D eigenvalue weighted by Crippen LogP contribution is -2.41. The van der Waals surface area contributed by atoms with Crippen LogP contribution < -0.4 is 10.6 Å². The quantitative estimate of drug-likeness (QED) is 0.624. The number of morpholine rings is 1. The Morgan fingerprint density at radius 2 is 1.90 bits per heavy atom. The molecule has 0 saturated carbocycles. The van der Waals surface area contributed by atoms with E-state index in [0.29, 0.717) is 12.4 Å². The van der Waals surface area contributed by atoms with Crippen molar-refractivity contribution in [3.8, 4) is 0 Å². The lowest BCUT2D eigenvalue weighted by Gasteiger charge is -2.34. The average Bonchev–Trinajstić information content (AvgIpc) is 3.30. The molecule has 3 aromatic rings. The van der Waals surface area contributed by atoms with Crippen LogP contribution in [0.5, 0.6) is 0 Å². The van der Waals surface area contributed by atoms with Crippen LogP contribution in [0.3, 0.4) is 0 Å². The number of ether oxygens (including phenoxy) is 1. The summed E-state index contributed by atoms with van der Waals surface area (Å²) >= 11 is 1.76. The van der Waals surface area contributed by atoms with Crippen molar-refractivity contribution in [3.63, 3.8) is 0 Å². The molecule has 8 heteroatoms. The summed E-state index contributed by atoms with van der Waals surface area (Å²) in [6.07, 6.45) is 0. The van der Waals surface area contributed by atoms with Crippen molar-refractivity contribution in [1.82, 2.24) is 15.1 Å². The predicted molar refractivity (Wildman–Crippen MR) is 114 cm³/mol. The van der Waals surface area contributed by atoms with E-state index in [1.165, 1.54) is 4.88 Å². The predicted octanol–water partition coefficient (Wildman–Crippen LogP) is 3.28. The molecule has 1 saturated heterocycles. The summed E-state index contributed by atoms with van der Waals surface area (Å²) in [6, 6.07) is 17.3. The third-order valence-electron chi connectivity index (χ3n) is 4.76. The summed E-state index contributed by atoms with van der Waals surface area (Å²) in [5.41, 5.74) is 1.01. The van der Waals surface area contributed by atoms with Gasteiger partial charge in [0.05, 0.1) is 19.3 Å². The monoisotopic (exact) mass is 409 g/mol. The Morgan fingerprint density at radius 3 is 2.59 bits per heavy atom. The van der Waals surface area contributed by atoms with Crippen LogP contribution in [0.2, 0.25) is 0 Å². The molecule has 4 rings (SSSR count). The molecule has 3 heterocycles. The minimum atomic E-state index is -0.278. The summed E-state index contributed by atoms with van der Waals surface area (Å²) in [4.78, 5) is 16.0. The van der Waals surface area contributed by atoms with E-state index in [4.69, 9.17) is 4.74 Å². The van der Waals surface area contributed by atoms with Gasteiger partial charge in [0, 0.05) is 30.2 Å². The SMILES string of the molecule is O=C(Nc1ccccc1)c1ccc(NCC(c2cccs2)N2CCOCC2)nn1. The molecule has 1 fully saturated rings. The highest BCUT2D eigenvalue weighted by Crippen LogP contribution is 2.26. The topological polar surface area (TPSA) is 79.4 Å². The Morgan fingerprint density at radius 1 is 1.07 bits per heavy atom. The molecule has 1 aromatic carbocycles. The van der Waals surface area contributed by atoms with E-state index in [1.54, 1.807) is 23.5 Å². The second kappa shape index (κ2) is 9.60. The fourth-order valence-electron chi connectivity index (χ4n) is 3.25. The summed E-state index contributed by atoms with van der Waals surface area (Å²) in [5.74, 6) is 0.371. The molecule has 29 heavy (non-hydrogen) atoms. The van der Waals surface area contributed by atoms with E-state index in [9.17, 15) is 4.79 Å². The first-order chi connectivity index (χ1) is 14.3. The minimum absolute atomic E-state index is 0.252. The molecule has 0 aliphatic carbocycles. The molecule has 1 atom stereocenters. The van der Waals surface area contributed by atoms with Gasteiger partial charge < -0.3 is 15.4 Å². The Hall–Kier alpha value is -2.81. The van der Waals surface area contributed by atoms with Gasteiger partial charge in [-0.1, -0.05) is 24.3 Å². The molecule has 0 spiro atoms. The highest BCUT2D eigenvalue weighted by Gasteiger charge is 2.23. The van der Waals surface area contributed by atoms with Gasteiger partial charge >= 0.3 is 0 Å². The molecule has 1 unspecified atom stereocenters. The Bertz CT molecular complexity index is 897. The maximum absolute atomic E-state index is 12.3. The maximum Gasteiger partial charge on any atom is 0.276 e. The van der Waals surface area contributed by atoms with Crippen LogP contribution >= 0.6 is 11.3 Å². The number of hydrogen-bond acceptors (Lipinski definition) is 7. The van der Waals surface area contributed by atoms with Crippen molar-refractivity contribution in [3.05, 3.63) is 70.5 Å². The first-order valence-electron chi connectivity index (χ1n) is 9.59. The number of rotatable bonds is 7. The fourth-order valence-corrected chi connectivity index (χ4v) is 4.11. The summed E-state index contributed by atoms with van der Waals surface area (Å²) in [6.45, 7) is 4.05. The normalized spacial score (nSPS) is 15.6. The summed E-state index contributed by atoms with van der Waals surface area (Å²) in [7, 11) is 0. The van der Waals surface area contributed by atoms with E-state index < -0.39 is 0 Å². The van der Waals surface area contributed by atoms with Gasteiger partial charge in [-0.05, 0) is 35.7 Å². The number of anilines is 2. The van der Waals surface area contributed by atoms with Crippen molar-refractivity contribution < 1.29 is 9.53 Å². The number of carbonyl (C=O) groups excluding carboxylic acids is 1. The molecule has 1 aliphatic heterocycles. The molecular formula is C21H23N5O2S. The number of hydrogen-bond donors (Lipinski definition) is 2. The van der Waals surface area contributed by atoms with Crippen LogP contribution in [0.1, 0.15) is 21.4 Å². The van der Waals surface area contributed by atoms with Crippen LogP contribution in [0, 0.1) is 0 Å². The van der Waals surface area contributed by atoms with Gasteiger partial charge in [0.25, 0.3) is 5.91 Å². The average molecular weight is 410 g/mol. The number of amides is 1. The lowest BCUT2D eigenvalue weighted by molar-refractivity contribution is 0.0194. The number of nitrogens with zero attached hydrogens (tertiary/aromatic N) is 3. The number of thiophene rings is 1. The third kappa shape index (κ3) is 5.17. The second-order valence-electron chi connectivity index (χ2n) is 6.68. The molecule has 2 N–H and O–H groups in total. The molecule has 0 bridgehead atoms. The zero-order chi connectivity index (χ0) is 19.9. The van der Waals surface area contributed by atoms with Gasteiger partial charge in [0.1, 0.15) is 5.82 Å². The van der Waals surface area contributed by atoms with Crippen LogP contribution in [-0.2, 0) is 4.74 Å². The van der Waals surface area contributed by atoms with E-state index in [0.717, 1.165) is 32.0 Å². The van der Waals surface area contributed by atoms with Crippen LogP contribution in [0.4, 0.5) is 11.5 Å². The number of carbonyl (C=O) groups is 1.